The zero-order valence-electron chi connectivity index (χ0n) is 14.8. The third-order valence-corrected chi connectivity index (χ3v) is 5.35. The lowest BCUT2D eigenvalue weighted by atomic mass is 9.97. The van der Waals surface area contributed by atoms with E-state index in [2.05, 4.69) is 0 Å². The summed E-state index contributed by atoms with van der Waals surface area (Å²) >= 11 is 11.4. The van der Waals surface area contributed by atoms with Gasteiger partial charge >= 0.3 is 5.97 Å². The smallest absolute Gasteiger partial charge is 0.310 e. The average molecular weight is 391 g/mol. The predicted octanol–water partition coefficient (Wildman–Crippen LogP) is 5.72. The van der Waals surface area contributed by atoms with Crippen molar-refractivity contribution in [3.63, 3.8) is 0 Å². The first-order chi connectivity index (χ1) is 11.6. The molecule has 1 aliphatic carbocycles. The van der Waals surface area contributed by atoms with Crippen LogP contribution in [0.25, 0.3) is 0 Å². The molecule has 0 saturated heterocycles. The van der Waals surface area contributed by atoms with Crippen LogP contribution in [0, 0.1) is 28.9 Å². The summed E-state index contributed by atoms with van der Waals surface area (Å²) in [6.07, 6.45) is 2.42. The normalized spacial score (nSPS) is 21.0. The molecule has 2 rings (SSSR count). The van der Waals surface area contributed by atoms with Crippen molar-refractivity contribution in [3.05, 3.63) is 45.0 Å². The Morgan fingerprint density at radius 1 is 1.16 bits per heavy atom. The van der Waals surface area contributed by atoms with E-state index < -0.39 is 17.6 Å². The summed E-state index contributed by atoms with van der Waals surface area (Å²) in [6.45, 7) is 7.28. The van der Waals surface area contributed by atoms with Gasteiger partial charge in [-0.25, -0.2) is 8.78 Å². The minimum absolute atomic E-state index is 0.106. The molecule has 2 atom stereocenters. The van der Waals surface area contributed by atoms with Crippen molar-refractivity contribution in [3.8, 4) is 0 Å². The van der Waals surface area contributed by atoms with Crippen LogP contribution < -0.4 is 0 Å². The highest BCUT2D eigenvalue weighted by Crippen LogP contribution is 2.60. The fourth-order valence-corrected chi connectivity index (χ4v) is 3.77. The largest absolute Gasteiger partial charge is 0.461 e. The van der Waals surface area contributed by atoms with Gasteiger partial charge in [0.05, 0.1) is 5.92 Å². The number of benzene rings is 1. The van der Waals surface area contributed by atoms with Crippen LogP contribution in [0.5, 0.6) is 0 Å². The molecule has 0 aliphatic heterocycles. The summed E-state index contributed by atoms with van der Waals surface area (Å²) in [5, 5.41) is 0. The maximum absolute atomic E-state index is 14.0. The number of hydrogen-bond acceptors (Lipinski definition) is 2. The number of carbonyl (C=O) groups excluding carboxylic acids is 1. The molecule has 0 bridgehead atoms. The van der Waals surface area contributed by atoms with Crippen molar-refractivity contribution in [2.75, 3.05) is 0 Å². The van der Waals surface area contributed by atoms with Crippen LogP contribution in [0.4, 0.5) is 8.78 Å². The maximum atomic E-state index is 14.0. The summed E-state index contributed by atoms with van der Waals surface area (Å²) in [5.41, 5.74) is 0.903. The fourth-order valence-electron chi connectivity index (χ4n) is 3.50. The minimum atomic E-state index is -0.607. The molecule has 25 heavy (non-hydrogen) atoms. The van der Waals surface area contributed by atoms with Gasteiger partial charge < -0.3 is 4.74 Å². The van der Waals surface area contributed by atoms with Crippen molar-refractivity contribution in [1.82, 2.24) is 0 Å². The number of esters is 1. The molecule has 0 N–H and O–H groups in total. The van der Waals surface area contributed by atoms with Crippen molar-refractivity contribution in [2.45, 2.75) is 47.1 Å². The van der Waals surface area contributed by atoms with Gasteiger partial charge in [0.15, 0.2) is 0 Å². The molecule has 0 radical (unpaired) electrons. The van der Waals surface area contributed by atoms with E-state index in [1.54, 1.807) is 19.9 Å². The number of halogens is 4. The number of rotatable bonds is 6. The van der Waals surface area contributed by atoms with Crippen LogP contribution in [0.1, 0.15) is 44.4 Å². The molecule has 0 amide bonds. The molecule has 0 heterocycles. The van der Waals surface area contributed by atoms with Gasteiger partial charge in [-0.3, -0.25) is 4.79 Å². The molecule has 0 unspecified atom stereocenters. The van der Waals surface area contributed by atoms with E-state index in [9.17, 15) is 13.6 Å². The van der Waals surface area contributed by atoms with Gasteiger partial charge in [0.25, 0.3) is 0 Å². The Kier molecular flexibility index (Phi) is 6.16. The van der Waals surface area contributed by atoms with Crippen LogP contribution in [-0.2, 0) is 29.0 Å². The molecule has 1 fully saturated rings. The summed E-state index contributed by atoms with van der Waals surface area (Å²) in [7, 11) is 0. The molecule has 6 heteroatoms. The van der Waals surface area contributed by atoms with E-state index in [1.807, 2.05) is 13.8 Å². The zero-order valence-corrected chi connectivity index (χ0v) is 16.3. The molecule has 1 aromatic carbocycles. The standard InChI is InChI=1S/C19H22Cl2F2O2/c1-5-10-12(11(6-2)15(23)8-14(10)22)9-25-18(24)17-13(7-16(20)21)19(17,3)4/h7-8,13,17H,5-6,9H2,1-4H3/t13-,17+/m0/s1. The van der Waals surface area contributed by atoms with Crippen molar-refractivity contribution < 1.29 is 18.3 Å². The Morgan fingerprint density at radius 2 is 1.68 bits per heavy atom. The zero-order chi connectivity index (χ0) is 18.9. The van der Waals surface area contributed by atoms with Gasteiger partial charge in [0.1, 0.15) is 22.7 Å². The minimum Gasteiger partial charge on any atom is -0.461 e. The van der Waals surface area contributed by atoms with Crippen LogP contribution in [0.15, 0.2) is 16.6 Å². The van der Waals surface area contributed by atoms with Gasteiger partial charge in [-0.05, 0) is 41.4 Å². The quantitative estimate of drug-likeness (QED) is 0.580. The first-order valence-corrected chi connectivity index (χ1v) is 9.08. The van der Waals surface area contributed by atoms with Crippen LogP contribution in [-0.4, -0.2) is 5.97 Å². The number of carbonyl (C=O) groups is 1. The van der Waals surface area contributed by atoms with E-state index in [0.717, 1.165) is 6.07 Å². The van der Waals surface area contributed by atoms with Crippen molar-refractivity contribution in [1.29, 1.82) is 0 Å². The number of allylic oxidation sites excluding steroid dienone is 1. The van der Waals surface area contributed by atoms with Crippen LogP contribution in [0.3, 0.4) is 0 Å². The van der Waals surface area contributed by atoms with Crippen molar-refractivity contribution in [2.24, 2.45) is 17.3 Å². The van der Waals surface area contributed by atoms with E-state index in [4.69, 9.17) is 27.9 Å². The first kappa shape index (κ1) is 20.2. The third kappa shape index (κ3) is 4.01. The fraction of sp³-hybridized carbons (Fsp3) is 0.526. The van der Waals surface area contributed by atoms with Gasteiger partial charge in [0, 0.05) is 11.6 Å². The molecule has 1 aromatic rings. The number of hydrogen-bond donors (Lipinski definition) is 0. The summed E-state index contributed by atoms with van der Waals surface area (Å²) in [4.78, 5) is 12.4. The van der Waals surface area contributed by atoms with Gasteiger partial charge in [-0.15, -0.1) is 0 Å². The van der Waals surface area contributed by atoms with Crippen LogP contribution >= 0.6 is 23.2 Å². The average Bonchev–Trinajstić information content (AvgIpc) is 3.04. The molecular formula is C19H22Cl2F2O2. The van der Waals surface area contributed by atoms with Crippen molar-refractivity contribution >= 4 is 29.2 Å². The Morgan fingerprint density at radius 3 is 2.12 bits per heavy atom. The Balaban J connectivity index is 2.20. The third-order valence-electron chi connectivity index (χ3n) is 5.09. The predicted molar refractivity (Wildman–Crippen MR) is 95.5 cm³/mol. The highest BCUT2D eigenvalue weighted by atomic mass is 35.5. The molecule has 0 aromatic heterocycles. The summed E-state index contributed by atoms with van der Waals surface area (Å²) in [5.74, 6) is -2.09. The summed E-state index contributed by atoms with van der Waals surface area (Å²) < 4.78 is 33.6. The maximum Gasteiger partial charge on any atom is 0.310 e. The van der Waals surface area contributed by atoms with E-state index in [0.29, 0.717) is 29.5 Å². The van der Waals surface area contributed by atoms with E-state index in [-0.39, 0.29) is 28.3 Å². The molecule has 138 valence electrons. The second-order valence-electron chi connectivity index (χ2n) is 6.87. The Hall–Kier alpha value is -1.13. The molecular weight excluding hydrogens is 369 g/mol. The molecule has 1 aliphatic rings. The second-order valence-corrected chi connectivity index (χ2v) is 7.88. The van der Waals surface area contributed by atoms with Gasteiger partial charge in [-0.2, -0.15) is 0 Å². The lowest BCUT2D eigenvalue weighted by Crippen LogP contribution is -2.14. The number of ether oxygens (including phenoxy) is 1. The first-order valence-electron chi connectivity index (χ1n) is 8.33. The second kappa shape index (κ2) is 7.63. The van der Waals surface area contributed by atoms with E-state index >= 15 is 0 Å². The Labute approximate surface area is 157 Å². The van der Waals surface area contributed by atoms with E-state index in [1.165, 1.54) is 0 Å². The van der Waals surface area contributed by atoms with Gasteiger partial charge in [-0.1, -0.05) is 50.9 Å². The molecule has 0 spiro atoms. The highest BCUT2D eigenvalue weighted by Gasteiger charge is 2.61. The van der Waals surface area contributed by atoms with Gasteiger partial charge in [0.2, 0.25) is 0 Å². The molecule has 1 saturated carbocycles. The van der Waals surface area contributed by atoms with Crippen LogP contribution in [0.2, 0.25) is 0 Å². The molecule has 2 nitrogen and oxygen atoms in total. The lowest BCUT2D eigenvalue weighted by Gasteiger charge is -2.15. The lowest BCUT2D eigenvalue weighted by molar-refractivity contribution is -0.147. The SMILES string of the molecule is CCc1c(F)cc(F)c(CC)c1COC(=O)[C@H]1[C@H](C=C(Cl)Cl)C1(C)C. The topological polar surface area (TPSA) is 26.3 Å². The summed E-state index contributed by atoms with van der Waals surface area (Å²) in [6, 6.07) is 0.899. The monoisotopic (exact) mass is 390 g/mol. The highest BCUT2D eigenvalue weighted by molar-refractivity contribution is 6.55. The Bertz CT molecular complexity index is 682.